The average Bonchev–Trinajstić information content (AvgIpc) is 3.06. The summed E-state index contributed by atoms with van der Waals surface area (Å²) in [4.78, 5) is 17.0. The third-order valence-electron chi connectivity index (χ3n) is 6.68. The van der Waals surface area contributed by atoms with Crippen molar-refractivity contribution >= 4 is 17.3 Å². The highest BCUT2D eigenvalue weighted by atomic mass is 19.1. The van der Waals surface area contributed by atoms with Gasteiger partial charge in [0.25, 0.3) is 0 Å². The first-order valence-corrected chi connectivity index (χ1v) is 11.0. The van der Waals surface area contributed by atoms with Crippen LogP contribution in [0.2, 0.25) is 0 Å². The molecule has 0 aromatic heterocycles. The Morgan fingerprint density at radius 2 is 2.17 bits per heavy atom. The van der Waals surface area contributed by atoms with Gasteiger partial charge in [-0.1, -0.05) is 19.1 Å². The summed E-state index contributed by atoms with van der Waals surface area (Å²) in [7, 11) is 0. The van der Waals surface area contributed by atoms with E-state index >= 15 is 0 Å². The van der Waals surface area contributed by atoms with Crippen LogP contribution in [0.25, 0.3) is 0 Å². The Hall–Kier alpha value is -2.60. The molecule has 1 fully saturated rings. The van der Waals surface area contributed by atoms with E-state index in [0.717, 1.165) is 55.9 Å². The van der Waals surface area contributed by atoms with Gasteiger partial charge >= 0.3 is 0 Å². The molecule has 0 unspecified atom stereocenters. The van der Waals surface area contributed by atoms with Gasteiger partial charge in [-0.2, -0.15) is 0 Å². The minimum atomic E-state index is -0.211. The van der Waals surface area contributed by atoms with E-state index in [-0.39, 0.29) is 11.7 Å². The molecule has 6 heteroatoms. The zero-order chi connectivity index (χ0) is 20.7. The van der Waals surface area contributed by atoms with Crippen LogP contribution in [0.1, 0.15) is 36.8 Å². The molecule has 3 aliphatic heterocycles. The van der Waals surface area contributed by atoms with Crippen molar-refractivity contribution in [1.82, 2.24) is 4.90 Å². The monoisotopic (exact) mass is 409 g/mol. The molecule has 0 aliphatic carbocycles. The molecular weight excluding hydrogens is 381 g/mol. The van der Waals surface area contributed by atoms with Gasteiger partial charge in [0.15, 0.2) is 0 Å². The van der Waals surface area contributed by atoms with Crippen LogP contribution in [-0.2, 0) is 11.2 Å². The van der Waals surface area contributed by atoms with Gasteiger partial charge in [-0.05, 0) is 54.7 Å². The van der Waals surface area contributed by atoms with E-state index in [1.165, 1.54) is 17.3 Å². The summed E-state index contributed by atoms with van der Waals surface area (Å²) in [6.07, 6.45) is 2.77. The first kappa shape index (κ1) is 19.4. The zero-order valence-electron chi connectivity index (χ0n) is 17.4. The molecule has 2 aromatic carbocycles. The summed E-state index contributed by atoms with van der Waals surface area (Å²) in [5, 5.41) is 3.03. The lowest BCUT2D eigenvalue weighted by Gasteiger charge is -2.39. The van der Waals surface area contributed by atoms with Gasteiger partial charge in [0.1, 0.15) is 11.6 Å². The summed E-state index contributed by atoms with van der Waals surface area (Å²) in [5.74, 6) is 1.12. The third-order valence-corrected chi connectivity index (χ3v) is 6.68. The SMILES string of the molecule is CCc1cc(F)ccc1OCCCN1CC[C@H]2[C@@H](C1)c1cccc3c1N2CC(=O)N3. The van der Waals surface area contributed by atoms with Crippen LogP contribution in [0.4, 0.5) is 15.8 Å². The molecule has 0 bridgehead atoms. The number of likely N-dealkylation sites (tertiary alicyclic amines) is 1. The topological polar surface area (TPSA) is 44.8 Å². The summed E-state index contributed by atoms with van der Waals surface area (Å²) in [6.45, 7) is 6.16. The fourth-order valence-electron chi connectivity index (χ4n) is 5.31. The molecule has 1 saturated heterocycles. The number of anilines is 2. The standard InChI is InChI=1S/C24H28FN3O2/c1-2-16-13-17(25)7-8-22(16)30-12-4-10-27-11-9-21-19(14-27)18-5-3-6-20-24(18)28(21)15-23(29)26-20/h3,5-8,13,19,21H,2,4,9-12,14-15H2,1H3,(H,26,29)/t19-,21-/m0/s1. The van der Waals surface area contributed by atoms with Crippen molar-refractivity contribution in [3.05, 3.63) is 53.3 Å². The maximum absolute atomic E-state index is 13.4. The van der Waals surface area contributed by atoms with E-state index in [4.69, 9.17) is 4.74 Å². The second-order valence-electron chi connectivity index (χ2n) is 8.49. The fourth-order valence-corrected chi connectivity index (χ4v) is 5.31. The molecular formula is C24H28FN3O2. The number of para-hydroxylation sites is 1. The smallest absolute Gasteiger partial charge is 0.243 e. The Morgan fingerprint density at radius 3 is 3.03 bits per heavy atom. The van der Waals surface area contributed by atoms with Crippen molar-refractivity contribution in [2.75, 3.05) is 43.0 Å². The first-order chi connectivity index (χ1) is 14.6. The van der Waals surface area contributed by atoms with Crippen molar-refractivity contribution in [1.29, 1.82) is 0 Å². The molecule has 158 valence electrons. The lowest BCUT2D eigenvalue weighted by molar-refractivity contribution is -0.115. The molecule has 2 atom stereocenters. The number of fused-ring (bicyclic) bond motifs is 3. The summed E-state index contributed by atoms with van der Waals surface area (Å²) < 4.78 is 19.3. The number of rotatable bonds is 6. The van der Waals surface area contributed by atoms with E-state index < -0.39 is 0 Å². The highest BCUT2D eigenvalue weighted by molar-refractivity contribution is 6.03. The maximum atomic E-state index is 13.4. The fraction of sp³-hybridized carbons (Fsp3) is 0.458. The number of nitrogens with zero attached hydrogens (tertiary/aromatic N) is 2. The van der Waals surface area contributed by atoms with E-state index in [0.29, 0.717) is 25.1 Å². The summed E-state index contributed by atoms with van der Waals surface area (Å²) in [5.41, 5.74) is 4.49. The number of nitrogens with one attached hydrogen (secondary N) is 1. The summed E-state index contributed by atoms with van der Waals surface area (Å²) >= 11 is 0. The lowest BCUT2D eigenvalue weighted by Crippen LogP contribution is -2.49. The predicted octanol–water partition coefficient (Wildman–Crippen LogP) is 3.79. The Balaban J connectivity index is 1.19. The highest BCUT2D eigenvalue weighted by Gasteiger charge is 2.44. The van der Waals surface area contributed by atoms with E-state index in [1.54, 1.807) is 12.1 Å². The van der Waals surface area contributed by atoms with Crippen molar-refractivity contribution < 1.29 is 13.9 Å². The number of ether oxygens (including phenoxy) is 1. The van der Waals surface area contributed by atoms with Crippen molar-refractivity contribution in [3.8, 4) is 5.75 Å². The van der Waals surface area contributed by atoms with Gasteiger partial charge in [0.2, 0.25) is 5.91 Å². The molecule has 2 aromatic rings. The number of benzene rings is 2. The second kappa shape index (κ2) is 7.91. The number of hydrogen-bond acceptors (Lipinski definition) is 4. The van der Waals surface area contributed by atoms with Crippen molar-refractivity contribution in [2.45, 2.75) is 38.1 Å². The van der Waals surface area contributed by atoms with Crippen LogP contribution < -0.4 is 15.0 Å². The minimum Gasteiger partial charge on any atom is -0.493 e. The highest BCUT2D eigenvalue weighted by Crippen LogP contribution is 2.49. The number of carbonyl (C=O) groups excluding carboxylic acids is 1. The van der Waals surface area contributed by atoms with Crippen LogP contribution in [-0.4, -0.2) is 49.6 Å². The van der Waals surface area contributed by atoms with E-state index in [2.05, 4.69) is 27.2 Å². The number of carbonyl (C=O) groups is 1. The lowest BCUT2D eigenvalue weighted by atomic mass is 9.89. The van der Waals surface area contributed by atoms with E-state index in [9.17, 15) is 9.18 Å². The minimum absolute atomic E-state index is 0.0899. The number of amides is 1. The van der Waals surface area contributed by atoms with Gasteiger partial charge in [-0.25, -0.2) is 4.39 Å². The van der Waals surface area contributed by atoms with E-state index in [1.807, 2.05) is 13.0 Å². The Bertz CT molecular complexity index is 963. The summed E-state index contributed by atoms with van der Waals surface area (Å²) in [6, 6.07) is 11.5. The molecule has 0 radical (unpaired) electrons. The number of hydrogen-bond donors (Lipinski definition) is 1. The molecule has 1 amide bonds. The van der Waals surface area contributed by atoms with Gasteiger partial charge in [-0.15, -0.1) is 0 Å². The van der Waals surface area contributed by atoms with Crippen LogP contribution >= 0.6 is 0 Å². The number of halogens is 1. The predicted molar refractivity (Wildman–Crippen MR) is 116 cm³/mol. The molecule has 3 aliphatic rings. The molecule has 1 N–H and O–H groups in total. The zero-order valence-corrected chi connectivity index (χ0v) is 17.4. The maximum Gasteiger partial charge on any atom is 0.243 e. The average molecular weight is 410 g/mol. The number of piperidine rings is 1. The molecule has 5 nitrogen and oxygen atoms in total. The first-order valence-electron chi connectivity index (χ1n) is 11.0. The quantitative estimate of drug-likeness (QED) is 0.738. The Morgan fingerprint density at radius 1 is 1.27 bits per heavy atom. The second-order valence-corrected chi connectivity index (χ2v) is 8.49. The van der Waals surface area contributed by atoms with Gasteiger partial charge in [0.05, 0.1) is 24.5 Å². The normalized spacial score (nSPS) is 22.5. The Labute approximate surface area is 176 Å². The molecule has 30 heavy (non-hydrogen) atoms. The largest absolute Gasteiger partial charge is 0.493 e. The number of aryl methyl sites for hydroxylation is 1. The van der Waals surface area contributed by atoms with Crippen molar-refractivity contribution in [2.24, 2.45) is 0 Å². The van der Waals surface area contributed by atoms with Crippen LogP contribution in [0, 0.1) is 5.82 Å². The van der Waals surface area contributed by atoms with Crippen molar-refractivity contribution in [3.63, 3.8) is 0 Å². The third kappa shape index (κ3) is 3.43. The van der Waals surface area contributed by atoms with Crippen LogP contribution in [0.15, 0.2) is 36.4 Å². The van der Waals surface area contributed by atoms with Gasteiger partial charge < -0.3 is 19.9 Å². The van der Waals surface area contributed by atoms with Gasteiger partial charge in [0, 0.05) is 31.6 Å². The molecule has 0 saturated carbocycles. The van der Waals surface area contributed by atoms with Gasteiger partial charge in [-0.3, -0.25) is 4.79 Å². The molecule has 3 heterocycles. The van der Waals surface area contributed by atoms with Crippen LogP contribution in [0.3, 0.4) is 0 Å². The Kier molecular flexibility index (Phi) is 5.11. The molecule has 0 spiro atoms. The van der Waals surface area contributed by atoms with Crippen LogP contribution in [0.5, 0.6) is 5.75 Å². The molecule has 5 rings (SSSR count).